The Morgan fingerprint density at radius 2 is 0.695 bits per heavy atom. The first-order valence-electron chi connectivity index (χ1n) is 26.6. The molecule has 0 aromatic rings. The van der Waals surface area contributed by atoms with Crippen molar-refractivity contribution >= 4 is 5.91 Å². The normalized spacial score (nSPS) is 12.4. The minimum atomic E-state index is 0.220. The molecule has 0 aromatic carbocycles. The van der Waals surface area contributed by atoms with Crippen molar-refractivity contribution in [3.63, 3.8) is 0 Å². The zero-order chi connectivity index (χ0) is 43.1. The smallest absolute Gasteiger partial charge is 0.225 e. The lowest BCUT2D eigenvalue weighted by molar-refractivity contribution is -0.139. The SMILES string of the molecule is CCCCC/C=C\C/C=C\CCCCCCCCC(CCCCCCCC/C=C\C/C=C\CCCCC)N(CCCN(C)C)C(=O)C(CCCCCC)CCCCCC. The molecule has 0 radical (unpaired) electrons. The van der Waals surface area contributed by atoms with E-state index in [9.17, 15) is 4.79 Å². The van der Waals surface area contributed by atoms with Crippen LogP contribution in [0.15, 0.2) is 48.6 Å². The van der Waals surface area contributed by atoms with E-state index in [1.165, 1.54) is 205 Å². The summed E-state index contributed by atoms with van der Waals surface area (Å²) in [6.45, 7) is 11.1. The van der Waals surface area contributed by atoms with E-state index in [2.05, 4.69) is 100 Å². The minimum Gasteiger partial charge on any atom is -0.339 e. The fourth-order valence-electron chi connectivity index (χ4n) is 8.48. The van der Waals surface area contributed by atoms with Gasteiger partial charge in [-0.25, -0.2) is 0 Å². The average Bonchev–Trinajstić information content (AvgIpc) is 3.23. The monoisotopic (exact) mass is 823 g/mol. The van der Waals surface area contributed by atoms with Crippen molar-refractivity contribution in [1.29, 1.82) is 0 Å². The quantitative estimate of drug-likeness (QED) is 0.0451. The summed E-state index contributed by atoms with van der Waals surface area (Å²) in [5.74, 6) is 0.735. The van der Waals surface area contributed by atoms with Gasteiger partial charge in [0, 0.05) is 18.5 Å². The highest BCUT2D eigenvalue weighted by atomic mass is 16.2. The van der Waals surface area contributed by atoms with Gasteiger partial charge in [-0.3, -0.25) is 4.79 Å². The molecule has 3 nitrogen and oxygen atoms in total. The standard InChI is InChI=1S/C56H106N2O/c1-7-11-15-19-21-23-25-27-29-31-33-35-37-39-41-45-50-55(51-46-42-40-38-36-34-32-30-28-26-24-22-20-16-12-8-2)58(53-47-52-57(5)6)56(59)54(48-43-17-13-9-3)49-44-18-14-10-4/h21-24,27-30,54-55H,7-20,25-26,31-53H2,1-6H3/b23-21-,24-22-,29-27-,30-28-. The molecule has 0 saturated heterocycles. The highest BCUT2D eigenvalue weighted by molar-refractivity contribution is 5.79. The maximum atomic E-state index is 14.7. The highest BCUT2D eigenvalue weighted by Gasteiger charge is 2.29. The van der Waals surface area contributed by atoms with Crippen LogP contribution in [0.4, 0.5) is 0 Å². The van der Waals surface area contributed by atoms with Gasteiger partial charge in [-0.15, -0.1) is 0 Å². The fraction of sp³-hybridized carbons (Fsp3) is 0.839. The topological polar surface area (TPSA) is 23.6 Å². The highest BCUT2D eigenvalue weighted by Crippen LogP contribution is 2.26. The van der Waals surface area contributed by atoms with Gasteiger partial charge in [0.25, 0.3) is 0 Å². The zero-order valence-electron chi connectivity index (χ0n) is 41.2. The van der Waals surface area contributed by atoms with Crippen LogP contribution in [0.3, 0.4) is 0 Å². The number of amides is 1. The summed E-state index contributed by atoms with van der Waals surface area (Å²) >= 11 is 0. The van der Waals surface area contributed by atoms with E-state index < -0.39 is 0 Å². The first-order chi connectivity index (χ1) is 29.0. The second kappa shape index (κ2) is 47.4. The van der Waals surface area contributed by atoms with Crippen LogP contribution in [0, 0.1) is 5.92 Å². The summed E-state index contributed by atoms with van der Waals surface area (Å²) in [5, 5.41) is 0. The van der Waals surface area contributed by atoms with Crippen LogP contribution in [0.1, 0.15) is 265 Å². The van der Waals surface area contributed by atoms with Crippen LogP contribution >= 0.6 is 0 Å². The van der Waals surface area contributed by atoms with Gasteiger partial charge < -0.3 is 9.80 Å². The molecular weight excluding hydrogens is 717 g/mol. The Kier molecular flexibility index (Phi) is 46.1. The van der Waals surface area contributed by atoms with Crippen molar-refractivity contribution in [1.82, 2.24) is 9.80 Å². The molecule has 0 N–H and O–H groups in total. The first kappa shape index (κ1) is 57.4. The van der Waals surface area contributed by atoms with Crippen LogP contribution < -0.4 is 0 Å². The van der Waals surface area contributed by atoms with E-state index in [0.29, 0.717) is 11.9 Å². The largest absolute Gasteiger partial charge is 0.339 e. The number of carbonyl (C=O) groups excluding carboxylic acids is 1. The van der Waals surface area contributed by atoms with E-state index in [1.807, 2.05) is 0 Å². The number of unbranched alkanes of at least 4 members (excludes halogenated alkanes) is 24. The van der Waals surface area contributed by atoms with E-state index in [-0.39, 0.29) is 5.92 Å². The molecule has 0 heterocycles. The number of rotatable bonds is 46. The Labute approximate surface area is 372 Å². The summed E-state index contributed by atoms with van der Waals surface area (Å²) in [5.41, 5.74) is 0. The lowest BCUT2D eigenvalue weighted by Crippen LogP contribution is -2.45. The van der Waals surface area contributed by atoms with Gasteiger partial charge >= 0.3 is 0 Å². The molecule has 0 spiro atoms. The van der Waals surface area contributed by atoms with Crippen molar-refractivity contribution in [2.75, 3.05) is 27.2 Å². The molecule has 0 saturated carbocycles. The zero-order valence-corrected chi connectivity index (χ0v) is 41.2. The van der Waals surface area contributed by atoms with Crippen LogP contribution in [0.5, 0.6) is 0 Å². The van der Waals surface area contributed by atoms with E-state index in [4.69, 9.17) is 0 Å². The molecule has 0 fully saturated rings. The molecule has 346 valence electrons. The Morgan fingerprint density at radius 1 is 0.373 bits per heavy atom. The van der Waals surface area contributed by atoms with E-state index >= 15 is 0 Å². The molecule has 0 aliphatic heterocycles. The number of nitrogens with zero attached hydrogens (tertiary/aromatic N) is 2. The predicted molar refractivity (Wildman–Crippen MR) is 268 cm³/mol. The minimum absolute atomic E-state index is 0.220. The van der Waals surface area contributed by atoms with Crippen molar-refractivity contribution in [2.45, 2.75) is 271 Å². The Morgan fingerprint density at radius 3 is 1.08 bits per heavy atom. The summed E-state index contributed by atoms with van der Waals surface area (Å²) in [7, 11) is 4.37. The number of hydrogen-bond donors (Lipinski definition) is 0. The molecule has 0 aliphatic carbocycles. The van der Waals surface area contributed by atoms with Crippen molar-refractivity contribution in [2.24, 2.45) is 5.92 Å². The molecule has 3 heteroatoms. The number of allylic oxidation sites excluding steroid dienone is 8. The molecule has 0 bridgehead atoms. The van der Waals surface area contributed by atoms with E-state index in [0.717, 1.165) is 45.2 Å². The van der Waals surface area contributed by atoms with Gasteiger partial charge in [0.2, 0.25) is 5.91 Å². The maximum Gasteiger partial charge on any atom is 0.225 e. The third-order valence-corrected chi connectivity index (χ3v) is 12.4. The maximum absolute atomic E-state index is 14.7. The van der Waals surface area contributed by atoms with Gasteiger partial charge in [0.1, 0.15) is 0 Å². The third-order valence-electron chi connectivity index (χ3n) is 12.4. The molecule has 0 unspecified atom stereocenters. The molecule has 59 heavy (non-hydrogen) atoms. The molecule has 0 aromatic heterocycles. The van der Waals surface area contributed by atoms with Gasteiger partial charge in [-0.2, -0.15) is 0 Å². The van der Waals surface area contributed by atoms with Crippen molar-refractivity contribution in [3.05, 3.63) is 48.6 Å². The Balaban J connectivity index is 5.22. The van der Waals surface area contributed by atoms with Gasteiger partial charge in [0.15, 0.2) is 0 Å². The second-order valence-corrected chi connectivity index (χ2v) is 18.5. The first-order valence-corrected chi connectivity index (χ1v) is 26.6. The van der Waals surface area contributed by atoms with Gasteiger partial charge in [-0.05, 0) is 117 Å². The Bertz CT molecular complexity index is 903. The fourth-order valence-corrected chi connectivity index (χ4v) is 8.48. The summed E-state index contributed by atoms with van der Waals surface area (Å²) < 4.78 is 0. The predicted octanol–water partition coefficient (Wildman–Crippen LogP) is 18.1. The summed E-state index contributed by atoms with van der Waals surface area (Å²) in [6, 6.07) is 0.412. The van der Waals surface area contributed by atoms with Crippen LogP contribution in [-0.4, -0.2) is 48.9 Å². The van der Waals surface area contributed by atoms with Crippen molar-refractivity contribution in [3.8, 4) is 0 Å². The summed E-state index contributed by atoms with van der Waals surface area (Å²) in [4.78, 5) is 19.5. The molecule has 0 aliphatic rings. The molecule has 0 atom stereocenters. The molecule has 1 amide bonds. The second-order valence-electron chi connectivity index (χ2n) is 18.5. The van der Waals surface area contributed by atoms with Gasteiger partial charge in [-0.1, -0.05) is 218 Å². The van der Waals surface area contributed by atoms with Crippen molar-refractivity contribution < 1.29 is 4.79 Å². The number of hydrogen-bond acceptors (Lipinski definition) is 2. The molecule has 0 rings (SSSR count). The lowest BCUT2D eigenvalue weighted by atomic mass is 9.91. The van der Waals surface area contributed by atoms with Crippen LogP contribution in [-0.2, 0) is 4.79 Å². The third kappa shape index (κ3) is 40.2. The number of carbonyl (C=O) groups is 1. The Hall–Kier alpha value is -1.61. The van der Waals surface area contributed by atoms with Crippen LogP contribution in [0.2, 0.25) is 0 Å². The van der Waals surface area contributed by atoms with E-state index in [1.54, 1.807) is 0 Å². The summed E-state index contributed by atoms with van der Waals surface area (Å²) in [6.07, 6.45) is 65.7. The molecular formula is C56H106N2O. The van der Waals surface area contributed by atoms with Crippen LogP contribution in [0.25, 0.3) is 0 Å². The van der Waals surface area contributed by atoms with Gasteiger partial charge in [0.05, 0.1) is 0 Å². The lowest BCUT2D eigenvalue weighted by Gasteiger charge is -2.36. The average molecular weight is 823 g/mol.